The van der Waals surface area contributed by atoms with Crippen LogP contribution in [0.3, 0.4) is 0 Å². The van der Waals surface area contributed by atoms with Gasteiger partial charge in [-0.25, -0.2) is 0 Å². The van der Waals surface area contributed by atoms with Crippen LogP contribution >= 0.6 is 12.6 Å². The van der Waals surface area contributed by atoms with Crippen molar-refractivity contribution in [1.29, 1.82) is 0 Å². The van der Waals surface area contributed by atoms with Gasteiger partial charge in [-0.1, -0.05) is 26.0 Å². The molecule has 0 N–H and O–H groups in total. The lowest BCUT2D eigenvalue weighted by molar-refractivity contribution is -0.133. The standard InChI is InChI=1S/C6H10F2OS/c1-2-3-4-6(7,8)5(9)10/h2-4H2,1H3,(H,9,10). The molecule has 0 aromatic rings. The predicted molar refractivity (Wildman–Crippen MR) is 38.5 cm³/mol. The van der Waals surface area contributed by atoms with Gasteiger partial charge in [-0.05, 0) is 6.42 Å². The minimum Gasteiger partial charge on any atom is -0.281 e. The van der Waals surface area contributed by atoms with Crippen molar-refractivity contribution < 1.29 is 13.6 Å². The van der Waals surface area contributed by atoms with Crippen LogP contribution in [0.4, 0.5) is 8.78 Å². The molecule has 0 unspecified atom stereocenters. The molecule has 0 amide bonds. The van der Waals surface area contributed by atoms with Gasteiger partial charge in [0.05, 0.1) is 0 Å². The van der Waals surface area contributed by atoms with Crippen LogP contribution in [0.15, 0.2) is 0 Å². The Morgan fingerprint density at radius 1 is 1.60 bits per heavy atom. The lowest BCUT2D eigenvalue weighted by Gasteiger charge is -2.09. The average molecular weight is 168 g/mol. The van der Waals surface area contributed by atoms with Gasteiger partial charge >= 0.3 is 5.92 Å². The Labute approximate surface area is 64.2 Å². The Hall–Kier alpha value is -0.120. The second-order valence-electron chi connectivity index (χ2n) is 2.11. The molecular formula is C6H10F2OS. The van der Waals surface area contributed by atoms with Crippen LogP contribution in [0, 0.1) is 0 Å². The first-order chi connectivity index (χ1) is 4.50. The second-order valence-corrected chi connectivity index (χ2v) is 2.52. The number of carbonyl (C=O) groups is 1. The summed E-state index contributed by atoms with van der Waals surface area (Å²) in [6.07, 6.45) is 0.641. The Morgan fingerprint density at radius 3 is 2.40 bits per heavy atom. The molecule has 4 heteroatoms. The number of unbranched alkanes of at least 4 members (excludes halogenated alkanes) is 1. The highest BCUT2D eigenvalue weighted by Gasteiger charge is 2.34. The van der Waals surface area contributed by atoms with Crippen molar-refractivity contribution in [3.63, 3.8) is 0 Å². The van der Waals surface area contributed by atoms with Crippen LogP contribution in [0.2, 0.25) is 0 Å². The van der Waals surface area contributed by atoms with Crippen molar-refractivity contribution >= 4 is 17.7 Å². The Bertz CT molecular complexity index is 125. The fourth-order valence-electron chi connectivity index (χ4n) is 0.506. The highest BCUT2D eigenvalue weighted by atomic mass is 32.1. The van der Waals surface area contributed by atoms with E-state index in [9.17, 15) is 13.6 Å². The van der Waals surface area contributed by atoms with Crippen LogP contribution in [-0.4, -0.2) is 11.0 Å². The topological polar surface area (TPSA) is 17.1 Å². The molecule has 0 spiro atoms. The third-order valence-electron chi connectivity index (χ3n) is 1.16. The number of thiol groups is 1. The summed E-state index contributed by atoms with van der Waals surface area (Å²) in [6.45, 7) is 1.79. The van der Waals surface area contributed by atoms with E-state index in [0.717, 1.165) is 0 Å². The molecule has 0 saturated heterocycles. The van der Waals surface area contributed by atoms with E-state index >= 15 is 0 Å². The van der Waals surface area contributed by atoms with E-state index in [1.807, 2.05) is 0 Å². The molecule has 0 heterocycles. The second kappa shape index (κ2) is 3.91. The third kappa shape index (κ3) is 3.15. The number of rotatable bonds is 4. The molecule has 0 aromatic carbocycles. The van der Waals surface area contributed by atoms with E-state index in [1.165, 1.54) is 0 Å². The zero-order valence-corrected chi connectivity index (χ0v) is 6.63. The first kappa shape index (κ1) is 9.88. The van der Waals surface area contributed by atoms with Gasteiger partial charge in [0.1, 0.15) is 0 Å². The van der Waals surface area contributed by atoms with Crippen molar-refractivity contribution in [2.45, 2.75) is 32.1 Å². The van der Waals surface area contributed by atoms with E-state index in [0.29, 0.717) is 12.8 Å². The molecule has 0 aromatic heterocycles. The lowest BCUT2D eigenvalue weighted by Crippen LogP contribution is -2.23. The predicted octanol–water partition coefficient (Wildman–Crippen LogP) is 2.27. The number of hydrogen-bond acceptors (Lipinski definition) is 1. The number of alkyl halides is 2. The summed E-state index contributed by atoms with van der Waals surface area (Å²) >= 11 is 3.06. The molecule has 0 aliphatic heterocycles. The summed E-state index contributed by atoms with van der Waals surface area (Å²) in [5.74, 6) is -3.22. The molecule has 0 rings (SSSR count). The SMILES string of the molecule is CCCCC(F)(F)C(=O)S. The summed E-state index contributed by atoms with van der Waals surface area (Å²) in [4.78, 5) is 10.1. The van der Waals surface area contributed by atoms with Gasteiger partial charge in [-0.15, -0.1) is 0 Å². The Balaban J connectivity index is 3.75. The van der Waals surface area contributed by atoms with Gasteiger partial charge in [-0.3, -0.25) is 4.79 Å². The molecule has 0 aliphatic carbocycles. The lowest BCUT2D eigenvalue weighted by atomic mass is 10.2. The molecule has 0 atom stereocenters. The molecular weight excluding hydrogens is 158 g/mol. The molecule has 0 saturated carbocycles. The van der Waals surface area contributed by atoms with E-state index in [1.54, 1.807) is 6.92 Å². The highest BCUT2D eigenvalue weighted by Crippen LogP contribution is 2.23. The third-order valence-corrected chi connectivity index (χ3v) is 1.48. The molecule has 0 fully saturated rings. The van der Waals surface area contributed by atoms with Gasteiger partial charge in [-0.2, -0.15) is 8.78 Å². The van der Waals surface area contributed by atoms with Crippen molar-refractivity contribution in [3.05, 3.63) is 0 Å². The van der Waals surface area contributed by atoms with Crippen LogP contribution in [0.1, 0.15) is 26.2 Å². The first-order valence-corrected chi connectivity index (χ1v) is 3.56. The van der Waals surface area contributed by atoms with Crippen LogP contribution in [0.5, 0.6) is 0 Å². The summed E-state index contributed by atoms with van der Waals surface area (Å²) < 4.78 is 24.6. The van der Waals surface area contributed by atoms with Gasteiger partial charge < -0.3 is 0 Å². The Kier molecular flexibility index (Phi) is 3.86. The summed E-state index contributed by atoms with van der Waals surface area (Å²) in [7, 11) is 0. The van der Waals surface area contributed by atoms with Crippen LogP contribution in [-0.2, 0) is 4.79 Å². The summed E-state index contributed by atoms with van der Waals surface area (Å²) in [5.41, 5.74) is 0. The van der Waals surface area contributed by atoms with Gasteiger partial charge in [0.25, 0.3) is 5.12 Å². The van der Waals surface area contributed by atoms with Gasteiger partial charge in [0.2, 0.25) is 0 Å². The maximum absolute atomic E-state index is 12.3. The zero-order valence-electron chi connectivity index (χ0n) is 5.73. The fraction of sp³-hybridized carbons (Fsp3) is 0.833. The Morgan fingerprint density at radius 2 is 2.10 bits per heavy atom. The van der Waals surface area contributed by atoms with E-state index in [4.69, 9.17) is 0 Å². The monoisotopic (exact) mass is 168 g/mol. The van der Waals surface area contributed by atoms with E-state index < -0.39 is 11.0 Å². The molecule has 1 nitrogen and oxygen atoms in total. The minimum absolute atomic E-state index is 0.360. The molecule has 0 bridgehead atoms. The van der Waals surface area contributed by atoms with E-state index in [-0.39, 0.29) is 6.42 Å². The minimum atomic E-state index is -3.22. The first-order valence-electron chi connectivity index (χ1n) is 3.12. The highest BCUT2D eigenvalue weighted by molar-refractivity contribution is 7.96. The number of hydrogen-bond donors (Lipinski definition) is 1. The van der Waals surface area contributed by atoms with Crippen molar-refractivity contribution in [3.8, 4) is 0 Å². The maximum atomic E-state index is 12.3. The largest absolute Gasteiger partial charge is 0.315 e. The molecule has 0 aliphatic rings. The van der Waals surface area contributed by atoms with Gasteiger partial charge in [0, 0.05) is 6.42 Å². The van der Waals surface area contributed by atoms with E-state index in [2.05, 4.69) is 12.6 Å². The smallest absolute Gasteiger partial charge is 0.281 e. The number of halogens is 2. The number of carbonyl (C=O) groups excluding carboxylic acids is 1. The van der Waals surface area contributed by atoms with Crippen molar-refractivity contribution in [1.82, 2.24) is 0 Å². The maximum Gasteiger partial charge on any atom is 0.315 e. The average Bonchev–Trinajstić information content (AvgIpc) is 1.84. The van der Waals surface area contributed by atoms with Gasteiger partial charge in [0.15, 0.2) is 0 Å². The van der Waals surface area contributed by atoms with Crippen molar-refractivity contribution in [2.75, 3.05) is 0 Å². The normalized spacial score (nSPS) is 11.6. The van der Waals surface area contributed by atoms with Crippen LogP contribution < -0.4 is 0 Å². The molecule has 60 valence electrons. The zero-order chi connectivity index (χ0) is 8.20. The quantitative estimate of drug-likeness (QED) is 0.637. The van der Waals surface area contributed by atoms with Crippen molar-refractivity contribution in [2.24, 2.45) is 0 Å². The summed E-state index contributed by atoms with van der Waals surface area (Å²) in [5, 5.41) is -1.33. The van der Waals surface area contributed by atoms with Crippen LogP contribution in [0.25, 0.3) is 0 Å². The summed E-state index contributed by atoms with van der Waals surface area (Å²) in [6, 6.07) is 0. The fourth-order valence-corrected chi connectivity index (χ4v) is 0.618. The molecule has 10 heavy (non-hydrogen) atoms. The molecule has 0 radical (unpaired) electrons.